The number of hydrogen-bond donors (Lipinski definition) is 3. The Morgan fingerprint density at radius 1 is 0.913 bits per heavy atom. The molecule has 0 aromatic heterocycles. The maximum absolute atomic E-state index is 13.9. The van der Waals surface area contributed by atoms with Crippen LogP contribution in [-0.2, 0) is 32.1 Å². The molecule has 1 aliphatic heterocycles. The molecular formula is C37H51ClN4O4. The number of nitrogens with one attached hydrogen (secondary N) is 3. The molecule has 1 saturated heterocycles. The molecule has 3 N–H and O–H groups in total. The summed E-state index contributed by atoms with van der Waals surface area (Å²) in [6.45, 7) is 12.5. The molecular weight excluding hydrogens is 600 g/mol. The van der Waals surface area contributed by atoms with E-state index in [1.807, 2.05) is 72.8 Å². The van der Waals surface area contributed by atoms with Crippen LogP contribution in [0, 0.1) is 5.41 Å². The quantitative estimate of drug-likeness (QED) is 0.202. The van der Waals surface area contributed by atoms with Gasteiger partial charge in [0.1, 0.15) is 6.04 Å². The van der Waals surface area contributed by atoms with Crippen LogP contribution in [0.1, 0.15) is 65.0 Å². The lowest BCUT2D eigenvalue weighted by Gasteiger charge is -2.35. The molecule has 3 amide bonds. The number of halogens is 1. The minimum atomic E-state index is -0.967. The highest BCUT2D eigenvalue weighted by atomic mass is 35.5. The van der Waals surface area contributed by atoms with Crippen molar-refractivity contribution in [2.24, 2.45) is 5.41 Å². The standard InChI is InChI=1S/C37H50N4O4.ClH/c1-36(2,3)35(44)41(34(43)31-17-11-21-39-31)32(24-28-18-19-29-15-9-10-16-30(29)23-28)33(42)40-22-12-20-38-26-37(4,5)45-25-27-13-7-6-8-14-27;/h6-10,13-16,18-19,23,31-32,38-39H,11-12,17,20-22,24-26H2,1-5H3,(H,40,42);1H/t31-,32+;/m0./s1. The fraction of sp³-hybridized carbons (Fsp3) is 0.486. The van der Waals surface area contributed by atoms with Gasteiger partial charge >= 0.3 is 0 Å². The summed E-state index contributed by atoms with van der Waals surface area (Å²) in [5.41, 5.74) is 0.835. The van der Waals surface area contributed by atoms with Crippen LogP contribution in [0.25, 0.3) is 10.8 Å². The zero-order valence-electron chi connectivity index (χ0n) is 27.9. The number of carbonyl (C=O) groups excluding carboxylic acids is 3. The largest absolute Gasteiger partial charge is 0.370 e. The van der Waals surface area contributed by atoms with Crippen LogP contribution < -0.4 is 16.0 Å². The van der Waals surface area contributed by atoms with Crippen LogP contribution in [0.2, 0.25) is 0 Å². The second-order valence-electron chi connectivity index (χ2n) is 13.7. The van der Waals surface area contributed by atoms with E-state index >= 15 is 0 Å². The summed E-state index contributed by atoms with van der Waals surface area (Å²) in [5.74, 6) is -0.993. The second kappa shape index (κ2) is 17.0. The van der Waals surface area contributed by atoms with Gasteiger partial charge in [-0.3, -0.25) is 19.3 Å². The summed E-state index contributed by atoms with van der Waals surface area (Å²) in [6, 6.07) is 22.7. The maximum Gasteiger partial charge on any atom is 0.247 e. The number of benzene rings is 3. The highest BCUT2D eigenvalue weighted by Crippen LogP contribution is 2.25. The Morgan fingerprint density at radius 3 is 2.28 bits per heavy atom. The van der Waals surface area contributed by atoms with Crippen LogP contribution in [0.4, 0.5) is 0 Å². The normalized spacial score (nSPS) is 15.6. The van der Waals surface area contributed by atoms with Crippen LogP contribution in [0.15, 0.2) is 72.8 Å². The summed E-state index contributed by atoms with van der Waals surface area (Å²) in [4.78, 5) is 42.9. The molecule has 2 atom stereocenters. The Balaban J connectivity index is 0.00000576. The van der Waals surface area contributed by atoms with E-state index in [4.69, 9.17) is 4.74 Å². The highest BCUT2D eigenvalue weighted by Gasteiger charge is 2.42. The number of nitrogens with zero attached hydrogens (tertiary/aromatic N) is 1. The predicted molar refractivity (Wildman–Crippen MR) is 187 cm³/mol. The van der Waals surface area contributed by atoms with Crippen LogP contribution in [0.3, 0.4) is 0 Å². The first-order chi connectivity index (χ1) is 21.4. The van der Waals surface area contributed by atoms with Crippen molar-refractivity contribution in [3.8, 4) is 0 Å². The van der Waals surface area contributed by atoms with E-state index in [2.05, 4.69) is 29.8 Å². The van der Waals surface area contributed by atoms with Gasteiger partial charge in [-0.25, -0.2) is 0 Å². The molecule has 0 radical (unpaired) electrons. The SMILES string of the molecule is CC(C)(CNCCCNC(=O)[C@@H](Cc1ccc2ccccc2c1)N(C(=O)[C@@H]1CCCN1)C(=O)C(C)(C)C)OCc1ccccc1.Cl. The first-order valence-electron chi connectivity index (χ1n) is 16.2. The molecule has 1 heterocycles. The topological polar surface area (TPSA) is 99.8 Å². The predicted octanol–water partition coefficient (Wildman–Crippen LogP) is 5.42. The Bertz CT molecular complexity index is 1430. The summed E-state index contributed by atoms with van der Waals surface area (Å²) in [5, 5.41) is 11.8. The molecule has 3 aromatic carbocycles. The van der Waals surface area contributed by atoms with Gasteiger partial charge in [0.05, 0.1) is 18.2 Å². The molecule has 9 heteroatoms. The monoisotopic (exact) mass is 650 g/mol. The number of ether oxygens (including phenoxy) is 1. The van der Waals surface area contributed by atoms with Gasteiger partial charge < -0.3 is 20.7 Å². The van der Waals surface area contributed by atoms with Gasteiger partial charge in [0.2, 0.25) is 17.7 Å². The van der Waals surface area contributed by atoms with Crippen molar-refractivity contribution in [3.63, 3.8) is 0 Å². The van der Waals surface area contributed by atoms with Crippen molar-refractivity contribution in [3.05, 3.63) is 83.9 Å². The molecule has 4 rings (SSSR count). The van der Waals surface area contributed by atoms with Crippen molar-refractivity contribution in [2.75, 3.05) is 26.2 Å². The second-order valence-corrected chi connectivity index (χ2v) is 13.7. The van der Waals surface area contributed by atoms with Crippen LogP contribution >= 0.6 is 12.4 Å². The third-order valence-corrected chi connectivity index (χ3v) is 8.17. The zero-order chi connectivity index (χ0) is 32.5. The maximum atomic E-state index is 13.9. The minimum Gasteiger partial charge on any atom is -0.370 e. The molecule has 0 spiro atoms. The Morgan fingerprint density at radius 2 is 1.61 bits per heavy atom. The van der Waals surface area contributed by atoms with Crippen molar-refractivity contribution < 1.29 is 19.1 Å². The molecule has 0 aliphatic carbocycles. The third kappa shape index (κ3) is 10.6. The van der Waals surface area contributed by atoms with Gasteiger partial charge in [0.25, 0.3) is 0 Å². The van der Waals surface area contributed by atoms with Crippen LogP contribution in [0.5, 0.6) is 0 Å². The van der Waals surface area contributed by atoms with Crippen molar-refractivity contribution >= 4 is 40.9 Å². The summed E-state index contributed by atoms with van der Waals surface area (Å²) < 4.78 is 6.11. The average molecular weight is 651 g/mol. The lowest BCUT2D eigenvalue weighted by atomic mass is 9.91. The lowest BCUT2D eigenvalue weighted by molar-refractivity contribution is -0.157. The lowest BCUT2D eigenvalue weighted by Crippen LogP contribution is -2.59. The van der Waals surface area contributed by atoms with E-state index in [9.17, 15) is 14.4 Å². The Labute approximate surface area is 280 Å². The van der Waals surface area contributed by atoms with Crippen molar-refractivity contribution in [1.82, 2.24) is 20.9 Å². The highest BCUT2D eigenvalue weighted by molar-refractivity contribution is 6.04. The van der Waals surface area contributed by atoms with E-state index in [0.717, 1.165) is 34.9 Å². The van der Waals surface area contributed by atoms with Crippen LogP contribution in [-0.4, -0.2) is 66.5 Å². The van der Waals surface area contributed by atoms with E-state index in [-0.39, 0.29) is 42.2 Å². The number of amides is 3. The third-order valence-electron chi connectivity index (χ3n) is 8.17. The first-order valence-corrected chi connectivity index (χ1v) is 16.2. The smallest absolute Gasteiger partial charge is 0.247 e. The zero-order valence-corrected chi connectivity index (χ0v) is 28.8. The molecule has 8 nitrogen and oxygen atoms in total. The molecule has 46 heavy (non-hydrogen) atoms. The number of carbonyl (C=O) groups is 3. The molecule has 0 unspecified atom stereocenters. The molecule has 0 bridgehead atoms. The molecule has 3 aromatic rings. The Hall–Kier alpha value is -3.30. The molecule has 1 fully saturated rings. The fourth-order valence-corrected chi connectivity index (χ4v) is 5.55. The van der Waals surface area contributed by atoms with Gasteiger partial charge in [0, 0.05) is 24.9 Å². The molecule has 1 aliphatic rings. The van der Waals surface area contributed by atoms with Gasteiger partial charge in [-0.2, -0.15) is 0 Å². The summed E-state index contributed by atoms with van der Waals surface area (Å²) in [7, 11) is 0. The fourth-order valence-electron chi connectivity index (χ4n) is 5.55. The summed E-state index contributed by atoms with van der Waals surface area (Å²) >= 11 is 0. The molecule has 250 valence electrons. The first kappa shape index (κ1) is 37.2. The minimum absolute atomic E-state index is 0. The van der Waals surface area contributed by atoms with Crippen molar-refractivity contribution in [1.29, 1.82) is 0 Å². The van der Waals surface area contributed by atoms with E-state index < -0.39 is 17.5 Å². The average Bonchev–Trinajstić information content (AvgIpc) is 3.56. The Kier molecular flexibility index (Phi) is 13.8. The summed E-state index contributed by atoms with van der Waals surface area (Å²) in [6.07, 6.45) is 2.43. The van der Waals surface area contributed by atoms with Gasteiger partial charge in [-0.15, -0.1) is 12.4 Å². The number of fused-ring (bicyclic) bond motifs is 1. The van der Waals surface area contributed by atoms with Gasteiger partial charge in [0.15, 0.2) is 0 Å². The molecule has 0 saturated carbocycles. The number of rotatable bonds is 14. The van der Waals surface area contributed by atoms with E-state index in [0.29, 0.717) is 39.1 Å². The van der Waals surface area contributed by atoms with Crippen molar-refractivity contribution in [2.45, 2.75) is 84.6 Å². The number of imide groups is 1. The van der Waals surface area contributed by atoms with Gasteiger partial charge in [-0.1, -0.05) is 93.6 Å². The van der Waals surface area contributed by atoms with Gasteiger partial charge in [-0.05, 0) is 68.1 Å². The van der Waals surface area contributed by atoms with E-state index in [1.165, 1.54) is 4.90 Å². The van der Waals surface area contributed by atoms with E-state index in [1.54, 1.807) is 20.8 Å². The number of hydrogen-bond acceptors (Lipinski definition) is 6.